The van der Waals surface area contributed by atoms with Crippen LogP contribution in [-0.4, -0.2) is 55.3 Å². The van der Waals surface area contributed by atoms with E-state index in [1.165, 1.54) is 24.1 Å². The molecule has 0 saturated heterocycles. The molecule has 2 amide bonds. The van der Waals surface area contributed by atoms with Crippen molar-refractivity contribution in [1.82, 2.24) is 16.0 Å². The summed E-state index contributed by atoms with van der Waals surface area (Å²) in [5, 5.41) is 8.78. The first-order chi connectivity index (χ1) is 20.0. The number of carbonyl (C=O) groups is 3. The molecule has 0 unspecified atom stereocenters. The van der Waals surface area contributed by atoms with Gasteiger partial charge in [0.05, 0.1) is 6.61 Å². The zero-order chi connectivity index (χ0) is 29.7. The van der Waals surface area contributed by atoms with Crippen LogP contribution in [0.1, 0.15) is 94.7 Å². The van der Waals surface area contributed by atoms with Crippen LogP contribution >= 0.6 is 11.3 Å². The zero-order valence-electron chi connectivity index (χ0n) is 25.5. The van der Waals surface area contributed by atoms with Crippen LogP contribution in [0.2, 0.25) is 0 Å². The molecular weight excluding hydrogens is 552 g/mol. The number of rotatable bonds is 11. The average molecular weight is 601 g/mol. The fraction of sp³-hybridized carbons (Fsp3) is 0.750. The number of amides is 2. The summed E-state index contributed by atoms with van der Waals surface area (Å²) in [5.41, 5.74) is -0.537. The first-order valence-corrected chi connectivity index (χ1v) is 16.7. The lowest BCUT2D eigenvalue weighted by atomic mass is 9.50. The lowest BCUT2D eigenvalue weighted by molar-refractivity contribution is -0.157. The molecule has 5 aliphatic rings. The van der Waals surface area contributed by atoms with Crippen molar-refractivity contribution in [2.75, 3.05) is 19.7 Å². The van der Waals surface area contributed by atoms with Gasteiger partial charge in [0, 0.05) is 41.1 Å². The number of aryl methyl sites for hydroxylation is 1. The van der Waals surface area contributed by atoms with Gasteiger partial charge >= 0.3 is 12.1 Å². The topological polar surface area (TPSA) is 118 Å². The fourth-order valence-electron chi connectivity index (χ4n) is 7.70. The van der Waals surface area contributed by atoms with Crippen LogP contribution in [0.3, 0.4) is 0 Å². The number of esters is 1. The van der Waals surface area contributed by atoms with Gasteiger partial charge in [0.15, 0.2) is 5.96 Å². The van der Waals surface area contributed by atoms with Crippen molar-refractivity contribution in [2.24, 2.45) is 28.2 Å². The van der Waals surface area contributed by atoms with Gasteiger partial charge in [-0.25, -0.2) is 9.59 Å². The van der Waals surface area contributed by atoms with E-state index in [0.717, 1.165) is 80.7 Å². The molecule has 3 N–H and O–H groups in total. The smallest absolute Gasteiger partial charge is 0.407 e. The Morgan fingerprint density at radius 2 is 1.76 bits per heavy atom. The lowest BCUT2D eigenvalue weighted by Crippen LogP contribution is -2.50. The van der Waals surface area contributed by atoms with Crippen molar-refractivity contribution < 1.29 is 23.9 Å². The minimum absolute atomic E-state index is 0.0172. The summed E-state index contributed by atoms with van der Waals surface area (Å²) >= 11 is 1.63. The summed E-state index contributed by atoms with van der Waals surface area (Å²) in [6, 6.07) is 3.26. The van der Waals surface area contributed by atoms with E-state index in [2.05, 4.69) is 27.0 Å². The van der Waals surface area contributed by atoms with Gasteiger partial charge in [0.2, 0.25) is 5.91 Å². The third-order valence-corrected chi connectivity index (χ3v) is 10.2. The van der Waals surface area contributed by atoms with E-state index in [1.807, 2.05) is 26.8 Å². The monoisotopic (exact) mass is 600 g/mol. The van der Waals surface area contributed by atoms with Crippen molar-refractivity contribution in [2.45, 2.75) is 109 Å². The minimum Gasteiger partial charge on any atom is -0.458 e. The number of carbonyl (C=O) groups excluding carboxylic acids is 3. The molecule has 9 nitrogen and oxygen atoms in total. The molecule has 1 atom stereocenters. The molecule has 4 fully saturated rings. The van der Waals surface area contributed by atoms with Gasteiger partial charge in [0.25, 0.3) is 0 Å². The van der Waals surface area contributed by atoms with Crippen molar-refractivity contribution in [3.05, 3.63) is 21.9 Å². The highest BCUT2D eigenvalue weighted by molar-refractivity contribution is 7.12. The number of alkyl carbamates (subject to hydrolysis) is 1. The Hall–Kier alpha value is -2.62. The second kappa shape index (κ2) is 13.3. The standard InChI is InChI=1S/C32H48N4O5S/c1-31(2,3)41-28(38)26(35-30(39)40-20-32-17-21-13-22(18-32)15-23(14-21)19-32)16-25-10-9-24(42-25)7-4-5-8-27(37)36-29-33-11-6-12-34-29/h9-10,21-23,26H,4-8,11-20H2,1-3H3,(H,35,39)(H2,33,34,36,37)/t21?,22?,23?,26-,32?/m0/s1. The number of ether oxygens (including phenoxy) is 2. The van der Waals surface area contributed by atoms with E-state index in [4.69, 9.17) is 9.47 Å². The Kier molecular flexibility index (Phi) is 9.80. The number of hydrogen-bond donors (Lipinski definition) is 3. The van der Waals surface area contributed by atoms with Crippen LogP contribution in [-0.2, 0) is 31.9 Å². The summed E-state index contributed by atoms with van der Waals surface area (Å²) < 4.78 is 11.5. The lowest BCUT2D eigenvalue weighted by Gasteiger charge is -2.56. The Morgan fingerprint density at radius 1 is 1.07 bits per heavy atom. The molecule has 42 heavy (non-hydrogen) atoms. The summed E-state index contributed by atoms with van der Waals surface area (Å²) in [4.78, 5) is 44.8. The van der Waals surface area contributed by atoms with Crippen LogP contribution in [0.5, 0.6) is 0 Å². The number of unbranched alkanes of at least 4 members (excludes halogenated alkanes) is 1. The van der Waals surface area contributed by atoms with Crippen LogP contribution in [0.25, 0.3) is 0 Å². The SMILES string of the molecule is CC(C)(C)OC(=O)[C@H](Cc1ccc(CCCCC(=O)NC2=NCCCN2)s1)NC(=O)OCC12CC3CC(CC(C3)C1)C2. The van der Waals surface area contributed by atoms with Crippen molar-refractivity contribution in [1.29, 1.82) is 0 Å². The Balaban J connectivity index is 1.09. The number of guanidine groups is 1. The molecule has 4 bridgehead atoms. The maximum atomic E-state index is 13.1. The molecule has 232 valence electrons. The van der Waals surface area contributed by atoms with E-state index >= 15 is 0 Å². The predicted octanol–water partition coefficient (Wildman–Crippen LogP) is 5.12. The fourth-order valence-corrected chi connectivity index (χ4v) is 8.80. The average Bonchev–Trinajstić information content (AvgIpc) is 3.36. The van der Waals surface area contributed by atoms with Gasteiger partial charge in [-0.3, -0.25) is 15.1 Å². The van der Waals surface area contributed by atoms with E-state index in [0.29, 0.717) is 25.4 Å². The minimum atomic E-state index is -0.820. The maximum Gasteiger partial charge on any atom is 0.407 e. The van der Waals surface area contributed by atoms with E-state index in [-0.39, 0.29) is 11.3 Å². The molecule has 4 aliphatic carbocycles. The number of aliphatic imine (C=N–C) groups is 1. The predicted molar refractivity (Wildman–Crippen MR) is 163 cm³/mol. The molecule has 1 aliphatic heterocycles. The van der Waals surface area contributed by atoms with Crippen molar-refractivity contribution in [3.63, 3.8) is 0 Å². The number of nitrogens with one attached hydrogen (secondary N) is 3. The van der Waals surface area contributed by atoms with Gasteiger partial charge < -0.3 is 20.1 Å². The first-order valence-electron chi connectivity index (χ1n) is 15.9. The molecule has 1 aromatic rings. The third-order valence-electron chi connectivity index (χ3n) is 9.01. The number of thiophene rings is 1. The quantitative estimate of drug-likeness (QED) is 0.240. The van der Waals surface area contributed by atoms with Crippen LogP contribution in [0, 0.1) is 23.2 Å². The normalized spacial score (nSPS) is 27.0. The van der Waals surface area contributed by atoms with Gasteiger partial charge in [-0.2, -0.15) is 0 Å². The second-order valence-corrected chi connectivity index (χ2v) is 15.3. The molecule has 0 spiro atoms. The van der Waals surface area contributed by atoms with Crippen LogP contribution < -0.4 is 16.0 Å². The van der Waals surface area contributed by atoms with E-state index < -0.39 is 23.7 Å². The molecule has 4 saturated carbocycles. The molecule has 6 rings (SSSR count). The van der Waals surface area contributed by atoms with Gasteiger partial charge in [-0.15, -0.1) is 11.3 Å². The van der Waals surface area contributed by atoms with Crippen LogP contribution in [0.4, 0.5) is 4.79 Å². The Bertz CT molecular complexity index is 1120. The maximum absolute atomic E-state index is 13.1. The summed E-state index contributed by atoms with van der Waals surface area (Å²) in [7, 11) is 0. The first kappa shape index (κ1) is 30.8. The largest absolute Gasteiger partial charge is 0.458 e. The van der Waals surface area contributed by atoms with E-state index in [1.54, 1.807) is 11.3 Å². The van der Waals surface area contributed by atoms with E-state index in [9.17, 15) is 14.4 Å². The highest BCUT2D eigenvalue weighted by atomic mass is 32.1. The number of hydrogen-bond acceptors (Lipinski definition) is 8. The zero-order valence-corrected chi connectivity index (χ0v) is 26.3. The molecule has 0 radical (unpaired) electrons. The summed E-state index contributed by atoms with van der Waals surface area (Å²) in [6.45, 7) is 7.51. The highest BCUT2D eigenvalue weighted by Gasteiger charge is 2.51. The van der Waals surface area contributed by atoms with Crippen molar-refractivity contribution >= 4 is 35.3 Å². The van der Waals surface area contributed by atoms with Gasteiger partial charge in [0.1, 0.15) is 11.6 Å². The molecule has 10 heteroatoms. The number of nitrogens with zero attached hydrogens (tertiary/aromatic N) is 1. The van der Waals surface area contributed by atoms with Gasteiger partial charge in [-0.1, -0.05) is 0 Å². The molecule has 0 aromatic carbocycles. The summed E-state index contributed by atoms with van der Waals surface area (Å²) in [5.74, 6) is 2.48. The molecule has 1 aromatic heterocycles. The summed E-state index contributed by atoms with van der Waals surface area (Å²) in [6.07, 6.45) is 11.3. The third kappa shape index (κ3) is 8.71. The molecule has 2 heterocycles. The Morgan fingerprint density at radius 3 is 2.40 bits per heavy atom. The second-order valence-electron chi connectivity index (χ2n) is 14.1. The Labute approximate surface area is 254 Å². The van der Waals surface area contributed by atoms with Crippen LogP contribution in [0.15, 0.2) is 17.1 Å². The van der Waals surface area contributed by atoms with Gasteiger partial charge in [-0.05, 0) is 115 Å². The molecular formula is C32H48N4O5S. The highest BCUT2D eigenvalue weighted by Crippen LogP contribution is 2.60. The van der Waals surface area contributed by atoms with Crippen molar-refractivity contribution in [3.8, 4) is 0 Å².